The third-order valence-electron chi connectivity index (χ3n) is 4.69. The molecule has 0 spiro atoms. The topological polar surface area (TPSA) is 167 Å². The molecule has 13 nitrogen and oxygen atoms in total. The minimum absolute atomic E-state index is 0.0161. The lowest BCUT2D eigenvalue weighted by Crippen LogP contribution is -2.25. The van der Waals surface area contributed by atoms with E-state index in [2.05, 4.69) is 15.8 Å². The van der Waals surface area contributed by atoms with E-state index in [-0.39, 0.29) is 30.7 Å². The third-order valence-corrected chi connectivity index (χ3v) is 4.69. The number of fused-ring (bicyclic) bond motifs is 1. The summed E-state index contributed by atoms with van der Waals surface area (Å²) in [4.78, 5) is 32.6. The van der Waals surface area contributed by atoms with Crippen LogP contribution in [-0.2, 0) is 4.79 Å². The monoisotopic (exact) mass is 479 g/mol. The summed E-state index contributed by atoms with van der Waals surface area (Å²) in [7, 11) is 0. The SMILES string of the molecule is O=C(CNc1ccc2c(c1)OCO2)N/N=C\c1ccc(Oc2ccc([N+](=O)[O-])cc2[N+](=O)[O-])cc1. The number of rotatable bonds is 9. The molecule has 4 rings (SSSR count). The molecule has 0 unspecified atom stereocenters. The number of nitro benzene ring substituents is 2. The maximum atomic E-state index is 12.0. The molecule has 0 radical (unpaired) electrons. The van der Waals surface area contributed by atoms with Gasteiger partial charge in [0.1, 0.15) is 5.75 Å². The fraction of sp³-hybridized carbons (Fsp3) is 0.0909. The van der Waals surface area contributed by atoms with Crippen molar-refractivity contribution in [3.05, 3.63) is 86.5 Å². The normalized spacial score (nSPS) is 11.8. The van der Waals surface area contributed by atoms with Crippen LogP contribution in [0.5, 0.6) is 23.0 Å². The summed E-state index contributed by atoms with van der Waals surface area (Å²) in [6.07, 6.45) is 1.41. The van der Waals surface area contributed by atoms with E-state index in [9.17, 15) is 25.0 Å². The number of hydrazone groups is 1. The zero-order chi connectivity index (χ0) is 24.8. The minimum atomic E-state index is -0.757. The average Bonchev–Trinajstić information content (AvgIpc) is 3.32. The molecule has 3 aromatic rings. The number of non-ortho nitro benzene ring substituents is 1. The Labute approximate surface area is 197 Å². The van der Waals surface area contributed by atoms with Crippen molar-refractivity contribution in [2.45, 2.75) is 0 Å². The Morgan fingerprint density at radius 2 is 1.77 bits per heavy atom. The second kappa shape index (κ2) is 10.2. The van der Waals surface area contributed by atoms with E-state index < -0.39 is 21.2 Å². The van der Waals surface area contributed by atoms with E-state index >= 15 is 0 Å². The van der Waals surface area contributed by atoms with Gasteiger partial charge in [-0.1, -0.05) is 0 Å². The molecule has 0 fully saturated rings. The number of nitro groups is 2. The number of carbonyl (C=O) groups excluding carboxylic acids is 1. The Morgan fingerprint density at radius 1 is 1.00 bits per heavy atom. The lowest BCUT2D eigenvalue weighted by Gasteiger charge is -2.07. The molecular formula is C22H17N5O8. The number of benzene rings is 3. The molecule has 13 heteroatoms. The fourth-order valence-corrected chi connectivity index (χ4v) is 3.00. The van der Waals surface area contributed by atoms with Gasteiger partial charge in [-0.2, -0.15) is 5.10 Å². The van der Waals surface area contributed by atoms with Crippen molar-refractivity contribution in [3.63, 3.8) is 0 Å². The van der Waals surface area contributed by atoms with Crippen molar-refractivity contribution < 1.29 is 28.9 Å². The average molecular weight is 479 g/mol. The fourth-order valence-electron chi connectivity index (χ4n) is 3.00. The highest BCUT2D eigenvalue weighted by Gasteiger charge is 2.21. The number of hydrogen-bond acceptors (Lipinski definition) is 10. The van der Waals surface area contributed by atoms with Gasteiger partial charge in [0.15, 0.2) is 11.5 Å². The standard InChI is InChI=1S/C22H17N5O8/c28-22(12-23-15-3-7-20-21(9-15)34-13-33-20)25-24-11-14-1-5-17(6-2-14)35-19-8-4-16(26(29)30)10-18(19)27(31)32/h1-11,23H,12-13H2,(H,25,28)/b24-11-. The third kappa shape index (κ3) is 5.78. The van der Waals surface area contributed by atoms with Crippen LogP contribution in [0.3, 0.4) is 0 Å². The van der Waals surface area contributed by atoms with Crippen LogP contribution >= 0.6 is 0 Å². The van der Waals surface area contributed by atoms with Gasteiger partial charge in [-0.05, 0) is 48.0 Å². The Morgan fingerprint density at radius 3 is 2.51 bits per heavy atom. The van der Waals surface area contributed by atoms with Crippen LogP contribution in [0.25, 0.3) is 0 Å². The summed E-state index contributed by atoms with van der Waals surface area (Å²) in [5.74, 6) is 1.01. The van der Waals surface area contributed by atoms with Gasteiger partial charge >= 0.3 is 5.69 Å². The Bertz CT molecular complexity index is 1310. The summed E-state index contributed by atoms with van der Waals surface area (Å²) in [5.41, 5.74) is 2.77. The van der Waals surface area contributed by atoms with Crippen LogP contribution in [0.15, 0.2) is 65.8 Å². The Balaban J connectivity index is 1.29. The molecule has 2 N–H and O–H groups in total. The van der Waals surface area contributed by atoms with Gasteiger partial charge in [-0.15, -0.1) is 0 Å². The van der Waals surface area contributed by atoms with Gasteiger partial charge in [-0.25, -0.2) is 5.43 Å². The Hall–Kier alpha value is -5.20. The van der Waals surface area contributed by atoms with Crippen molar-refractivity contribution >= 4 is 29.2 Å². The first-order valence-corrected chi connectivity index (χ1v) is 10.1. The smallest absolute Gasteiger partial charge is 0.318 e. The van der Waals surface area contributed by atoms with E-state index in [1.165, 1.54) is 24.4 Å². The molecule has 178 valence electrons. The summed E-state index contributed by atoms with van der Waals surface area (Å²) in [6, 6.07) is 14.7. The molecule has 0 aliphatic carbocycles. The van der Waals surface area contributed by atoms with Crippen LogP contribution in [0.1, 0.15) is 5.56 Å². The quantitative estimate of drug-likeness (QED) is 0.265. The van der Waals surface area contributed by atoms with Crippen LogP contribution in [0.4, 0.5) is 17.1 Å². The molecule has 0 bridgehead atoms. The number of ether oxygens (including phenoxy) is 3. The molecule has 1 aliphatic rings. The molecule has 3 aromatic carbocycles. The van der Waals surface area contributed by atoms with Crippen molar-refractivity contribution in [3.8, 4) is 23.0 Å². The summed E-state index contributed by atoms with van der Waals surface area (Å²) < 4.78 is 16.0. The van der Waals surface area contributed by atoms with Crippen molar-refractivity contribution in [1.82, 2.24) is 5.43 Å². The molecule has 0 saturated carbocycles. The second-order valence-electron chi connectivity index (χ2n) is 7.05. The number of nitrogens with one attached hydrogen (secondary N) is 2. The maximum Gasteiger partial charge on any atom is 0.318 e. The highest BCUT2D eigenvalue weighted by atomic mass is 16.7. The molecule has 0 atom stereocenters. The van der Waals surface area contributed by atoms with Crippen molar-refractivity contribution in [1.29, 1.82) is 0 Å². The van der Waals surface area contributed by atoms with Crippen LogP contribution < -0.4 is 25.0 Å². The zero-order valence-electron chi connectivity index (χ0n) is 17.9. The lowest BCUT2D eigenvalue weighted by atomic mass is 10.2. The number of carbonyl (C=O) groups is 1. The second-order valence-corrected chi connectivity index (χ2v) is 7.05. The highest BCUT2D eigenvalue weighted by molar-refractivity contribution is 5.84. The van der Waals surface area contributed by atoms with Crippen LogP contribution in [0.2, 0.25) is 0 Å². The molecule has 1 heterocycles. The Kier molecular flexibility index (Phi) is 6.67. The first-order chi connectivity index (χ1) is 16.9. The van der Waals surface area contributed by atoms with E-state index in [1.807, 2.05) is 0 Å². The minimum Gasteiger partial charge on any atom is -0.454 e. The summed E-state index contributed by atoms with van der Waals surface area (Å²) >= 11 is 0. The molecule has 1 aliphatic heterocycles. The highest BCUT2D eigenvalue weighted by Crippen LogP contribution is 2.35. The molecule has 0 aromatic heterocycles. The first kappa shape index (κ1) is 23.0. The van der Waals surface area contributed by atoms with E-state index in [0.29, 0.717) is 22.7 Å². The summed E-state index contributed by atoms with van der Waals surface area (Å²) in [5, 5.41) is 28.9. The predicted molar refractivity (Wildman–Crippen MR) is 123 cm³/mol. The van der Waals surface area contributed by atoms with Crippen molar-refractivity contribution in [2.24, 2.45) is 5.10 Å². The van der Waals surface area contributed by atoms with E-state index in [1.54, 1.807) is 30.3 Å². The van der Waals surface area contributed by atoms with Gasteiger partial charge in [0, 0.05) is 17.8 Å². The van der Waals surface area contributed by atoms with Gasteiger partial charge in [0.25, 0.3) is 11.6 Å². The molecule has 35 heavy (non-hydrogen) atoms. The number of hydrogen-bond donors (Lipinski definition) is 2. The van der Waals surface area contributed by atoms with Gasteiger partial charge in [0.05, 0.1) is 28.7 Å². The number of anilines is 1. The van der Waals surface area contributed by atoms with Gasteiger partial charge in [-0.3, -0.25) is 25.0 Å². The predicted octanol–water partition coefficient (Wildman–Crippen LogP) is 3.59. The lowest BCUT2D eigenvalue weighted by molar-refractivity contribution is -0.394. The van der Waals surface area contributed by atoms with E-state index in [0.717, 1.165) is 12.1 Å². The first-order valence-electron chi connectivity index (χ1n) is 10.1. The zero-order valence-corrected chi connectivity index (χ0v) is 17.9. The summed E-state index contributed by atoms with van der Waals surface area (Å²) in [6.45, 7) is 0.149. The molecular weight excluding hydrogens is 462 g/mol. The maximum absolute atomic E-state index is 12.0. The van der Waals surface area contributed by atoms with Crippen molar-refractivity contribution in [2.75, 3.05) is 18.7 Å². The van der Waals surface area contributed by atoms with Crippen LogP contribution in [-0.4, -0.2) is 35.3 Å². The largest absolute Gasteiger partial charge is 0.454 e. The van der Waals surface area contributed by atoms with Gasteiger partial charge < -0.3 is 19.5 Å². The molecule has 1 amide bonds. The van der Waals surface area contributed by atoms with Crippen LogP contribution in [0, 0.1) is 20.2 Å². The molecule has 0 saturated heterocycles. The number of nitrogens with zero attached hydrogens (tertiary/aromatic N) is 3. The number of amides is 1. The van der Waals surface area contributed by atoms with Gasteiger partial charge in [0.2, 0.25) is 12.5 Å². The van der Waals surface area contributed by atoms with E-state index in [4.69, 9.17) is 14.2 Å².